The van der Waals surface area contributed by atoms with Crippen LogP contribution in [0.1, 0.15) is 15.9 Å². The van der Waals surface area contributed by atoms with E-state index in [1.807, 2.05) is 61.5 Å². The van der Waals surface area contributed by atoms with E-state index < -0.39 is 0 Å². The zero-order chi connectivity index (χ0) is 13.7. The summed E-state index contributed by atoms with van der Waals surface area (Å²) in [5.41, 5.74) is 2.68. The first-order valence-corrected chi connectivity index (χ1v) is 6.15. The predicted molar refractivity (Wildman–Crippen MR) is 76.3 cm³/mol. The number of anilines is 1. The van der Waals surface area contributed by atoms with Crippen molar-refractivity contribution in [3.63, 3.8) is 0 Å². The lowest BCUT2D eigenvalue weighted by Crippen LogP contribution is -2.08. The van der Waals surface area contributed by atoms with Gasteiger partial charge in [-0.3, -0.25) is 0 Å². The first-order chi connectivity index (χ1) is 9.16. The molecule has 0 N–H and O–H groups in total. The number of hydrogen-bond donors (Lipinski definition) is 0. The molecule has 98 valence electrons. The molecule has 3 heteroatoms. The fourth-order valence-corrected chi connectivity index (χ4v) is 1.70. The molecule has 19 heavy (non-hydrogen) atoms. The maximum Gasteiger partial charge on any atom is 0.338 e. The highest BCUT2D eigenvalue weighted by Crippen LogP contribution is 2.13. The van der Waals surface area contributed by atoms with E-state index in [9.17, 15) is 4.79 Å². The lowest BCUT2D eigenvalue weighted by Gasteiger charge is -2.12. The molecule has 0 radical (unpaired) electrons. The number of carbonyl (C=O) groups excluding carboxylic acids is 1. The van der Waals surface area contributed by atoms with Crippen molar-refractivity contribution >= 4 is 11.7 Å². The van der Waals surface area contributed by atoms with Gasteiger partial charge in [0.25, 0.3) is 0 Å². The molecule has 0 amide bonds. The van der Waals surface area contributed by atoms with Crippen LogP contribution in [-0.2, 0) is 11.3 Å². The number of rotatable bonds is 4. The first kappa shape index (κ1) is 13.1. The standard InChI is InChI=1S/C16H17NO2/c1-17(2)15-10-8-13(9-11-15)12-19-16(18)14-6-4-3-5-7-14/h3-11H,12H2,1-2H3. The number of carbonyl (C=O) groups is 1. The van der Waals surface area contributed by atoms with Crippen LogP contribution in [0.3, 0.4) is 0 Å². The highest BCUT2D eigenvalue weighted by Gasteiger charge is 2.06. The Bertz CT molecular complexity index is 532. The molecule has 2 aromatic carbocycles. The third-order valence-electron chi connectivity index (χ3n) is 2.83. The van der Waals surface area contributed by atoms with Gasteiger partial charge in [0, 0.05) is 19.8 Å². The molecule has 2 rings (SSSR count). The van der Waals surface area contributed by atoms with Crippen molar-refractivity contribution in [2.75, 3.05) is 19.0 Å². The third kappa shape index (κ3) is 3.58. The second kappa shape index (κ2) is 6.05. The fraction of sp³-hybridized carbons (Fsp3) is 0.188. The summed E-state index contributed by atoms with van der Waals surface area (Å²) in [6.45, 7) is 0.293. The van der Waals surface area contributed by atoms with Gasteiger partial charge in [0.15, 0.2) is 0 Å². The molecule has 0 fully saturated rings. The Morgan fingerprint density at radius 2 is 1.63 bits per heavy atom. The molecule has 0 aliphatic heterocycles. The van der Waals surface area contributed by atoms with Crippen molar-refractivity contribution in [3.8, 4) is 0 Å². The molecular weight excluding hydrogens is 238 g/mol. The van der Waals surface area contributed by atoms with E-state index in [0.29, 0.717) is 12.2 Å². The average molecular weight is 255 g/mol. The van der Waals surface area contributed by atoms with Gasteiger partial charge in [-0.05, 0) is 29.8 Å². The first-order valence-electron chi connectivity index (χ1n) is 6.15. The summed E-state index contributed by atoms with van der Waals surface area (Å²) in [7, 11) is 3.98. The van der Waals surface area contributed by atoms with E-state index in [1.54, 1.807) is 12.1 Å². The quantitative estimate of drug-likeness (QED) is 0.786. The molecule has 0 aliphatic carbocycles. The molecule has 0 spiro atoms. The topological polar surface area (TPSA) is 29.5 Å². The molecule has 0 aromatic heterocycles. The minimum atomic E-state index is -0.294. The lowest BCUT2D eigenvalue weighted by atomic mass is 10.2. The van der Waals surface area contributed by atoms with Crippen LogP contribution in [0.2, 0.25) is 0 Å². The van der Waals surface area contributed by atoms with Crippen molar-refractivity contribution in [2.45, 2.75) is 6.61 Å². The van der Waals surface area contributed by atoms with Gasteiger partial charge in [-0.25, -0.2) is 4.79 Å². The average Bonchev–Trinajstić information content (AvgIpc) is 2.46. The van der Waals surface area contributed by atoms with Gasteiger partial charge in [0.1, 0.15) is 6.61 Å². The Hall–Kier alpha value is -2.29. The summed E-state index contributed by atoms with van der Waals surface area (Å²) in [6, 6.07) is 17.0. The van der Waals surface area contributed by atoms with Crippen molar-refractivity contribution < 1.29 is 9.53 Å². The van der Waals surface area contributed by atoms with Gasteiger partial charge in [0.2, 0.25) is 0 Å². The number of benzene rings is 2. The van der Waals surface area contributed by atoms with Crippen LogP contribution in [0, 0.1) is 0 Å². The molecule has 0 atom stereocenters. The minimum Gasteiger partial charge on any atom is -0.457 e. The molecule has 0 aliphatic rings. The van der Waals surface area contributed by atoms with E-state index in [0.717, 1.165) is 11.3 Å². The summed E-state index contributed by atoms with van der Waals surface area (Å²) >= 11 is 0. The molecule has 0 saturated carbocycles. The largest absolute Gasteiger partial charge is 0.457 e. The van der Waals surface area contributed by atoms with Gasteiger partial charge in [-0.1, -0.05) is 30.3 Å². The summed E-state index contributed by atoms with van der Waals surface area (Å²) < 4.78 is 5.26. The zero-order valence-electron chi connectivity index (χ0n) is 11.2. The second-order valence-electron chi connectivity index (χ2n) is 4.50. The van der Waals surface area contributed by atoms with Crippen molar-refractivity contribution in [3.05, 3.63) is 65.7 Å². The van der Waals surface area contributed by atoms with Gasteiger partial charge >= 0.3 is 5.97 Å². The molecule has 0 bridgehead atoms. The van der Waals surface area contributed by atoms with Crippen molar-refractivity contribution in [2.24, 2.45) is 0 Å². The Morgan fingerprint density at radius 1 is 1.00 bits per heavy atom. The summed E-state index contributed by atoms with van der Waals surface area (Å²) in [5, 5.41) is 0. The molecule has 0 heterocycles. The Morgan fingerprint density at radius 3 is 2.21 bits per heavy atom. The maximum absolute atomic E-state index is 11.8. The van der Waals surface area contributed by atoms with Gasteiger partial charge in [0.05, 0.1) is 5.56 Å². The van der Waals surface area contributed by atoms with E-state index in [1.165, 1.54) is 0 Å². The van der Waals surface area contributed by atoms with Crippen LogP contribution in [0.4, 0.5) is 5.69 Å². The van der Waals surface area contributed by atoms with Crippen molar-refractivity contribution in [1.82, 2.24) is 0 Å². The highest BCUT2D eigenvalue weighted by molar-refractivity contribution is 5.89. The molecule has 0 unspecified atom stereocenters. The third-order valence-corrected chi connectivity index (χ3v) is 2.83. The van der Waals surface area contributed by atoms with Crippen LogP contribution in [0.5, 0.6) is 0 Å². The van der Waals surface area contributed by atoms with Crippen LogP contribution in [0.15, 0.2) is 54.6 Å². The van der Waals surface area contributed by atoms with Crippen LogP contribution >= 0.6 is 0 Å². The number of hydrogen-bond acceptors (Lipinski definition) is 3. The summed E-state index contributed by atoms with van der Waals surface area (Å²) in [5.74, 6) is -0.294. The molecule has 0 saturated heterocycles. The Balaban J connectivity index is 1.94. The fourth-order valence-electron chi connectivity index (χ4n) is 1.70. The van der Waals surface area contributed by atoms with Crippen LogP contribution < -0.4 is 4.90 Å². The lowest BCUT2D eigenvalue weighted by molar-refractivity contribution is 0.0473. The minimum absolute atomic E-state index is 0.293. The molecule has 2 aromatic rings. The van der Waals surface area contributed by atoms with E-state index in [4.69, 9.17) is 4.74 Å². The van der Waals surface area contributed by atoms with E-state index >= 15 is 0 Å². The van der Waals surface area contributed by atoms with E-state index in [2.05, 4.69) is 0 Å². The van der Waals surface area contributed by atoms with Gasteiger partial charge < -0.3 is 9.64 Å². The van der Waals surface area contributed by atoms with Crippen molar-refractivity contribution in [1.29, 1.82) is 0 Å². The maximum atomic E-state index is 11.8. The Labute approximate surface area is 113 Å². The van der Waals surface area contributed by atoms with Gasteiger partial charge in [-0.2, -0.15) is 0 Å². The predicted octanol–water partition coefficient (Wildman–Crippen LogP) is 3.11. The number of esters is 1. The SMILES string of the molecule is CN(C)c1ccc(COC(=O)c2ccccc2)cc1. The van der Waals surface area contributed by atoms with Crippen LogP contribution in [-0.4, -0.2) is 20.1 Å². The van der Waals surface area contributed by atoms with Crippen LogP contribution in [0.25, 0.3) is 0 Å². The monoisotopic (exact) mass is 255 g/mol. The van der Waals surface area contributed by atoms with E-state index in [-0.39, 0.29) is 5.97 Å². The zero-order valence-corrected chi connectivity index (χ0v) is 11.2. The molecular formula is C16H17NO2. The Kier molecular flexibility index (Phi) is 4.18. The second-order valence-corrected chi connectivity index (χ2v) is 4.50. The number of ether oxygens (including phenoxy) is 1. The normalized spacial score (nSPS) is 10.0. The smallest absolute Gasteiger partial charge is 0.338 e. The number of nitrogens with zero attached hydrogens (tertiary/aromatic N) is 1. The van der Waals surface area contributed by atoms with Gasteiger partial charge in [-0.15, -0.1) is 0 Å². The highest BCUT2D eigenvalue weighted by atomic mass is 16.5. The summed E-state index contributed by atoms with van der Waals surface area (Å²) in [6.07, 6.45) is 0. The summed E-state index contributed by atoms with van der Waals surface area (Å²) in [4.78, 5) is 13.8. The molecule has 3 nitrogen and oxygen atoms in total.